The summed E-state index contributed by atoms with van der Waals surface area (Å²) in [5.74, 6) is 3.66. The molecule has 5 aromatic rings. The van der Waals surface area contributed by atoms with Gasteiger partial charge in [0.25, 0.3) is 0 Å². The number of aryl methyl sites for hydroxylation is 3. The molecule has 6 rings (SSSR count). The lowest BCUT2D eigenvalue weighted by atomic mass is 9.75. The molecular formula is C30H27NO2. The van der Waals surface area contributed by atoms with Crippen LogP contribution in [0.5, 0.6) is 23.0 Å². The van der Waals surface area contributed by atoms with Gasteiger partial charge in [-0.25, -0.2) is 0 Å². The molecule has 0 spiro atoms. The Morgan fingerprint density at radius 1 is 0.697 bits per heavy atom. The van der Waals surface area contributed by atoms with Crippen molar-refractivity contribution in [2.75, 3.05) is 0 Å². The van der Waals surface area contributed by atoms with Crippen molar-refractivity contribution in [2.45, 2.75) is 33.1 Å². The van der Waals surface area contributed by atoms with Crippen LogP contribution >= 0.6 is 0 Å². The van der Waals surface area contributed by atoms with Crippen LogP contribution in [0.2, 0.25) is 0 Å². The fourth-order valence-electron chi connectivity index (χ4n) is 5.17. The van der Waals surface area contributed by atoms with Crippen LogP contribution in [0.3, 0.4) is 0 Å². The maximum Gasteiger partial charge on any atom is 0.133 e. The summed E-state index contributed by atoms with van der Waals surface area (Å²) in [4.78, 5) is 0. The number of ether oxygens (including phenoxy) is 2. The molecule has 3 heteroatoms. The summed E-state index contributed by atoms with van der Waals surface area (Å²) in [5, 5.41) is 2.41. The Morgan fingerprint density at radius 3 is 2.21 bits per heavy atom. The zero-order valence-corrected chi connectivity index (χ0v) is 19.7. The first-order valence-electron chi connectivity index (χ1n) is 11.4. The second-order valence-electron chi connectivity index (χ2n) is 9.65. The van der Waals surface area contributed by atoms with Gasteiger partial charge in [0.2, 0.25) is 0 Å². The van der Waals surface area contributed by atoms with Crippen molar-refractivity contribution in [2.24, 2.45) is 7.05 Å². The van der Waals surface area contributed by atoms with E-state index < -0.39 is 0 Å². The van der Waals surface area contributed by atoms with Gasteiger partial charge >= 0.3 is 0 Å². The van der Waals surface area contributed by atoms with Gasteiger partial charge in [-0.05, 0) is 55.3 Å². The number of hydrogen-bond acceptors (Lipinski definition) is 2. The van der Waals surface area contributed by atoms with Gasteiger partial charge in [0.05, 0.1) is 5.52 Å². The highest BCUT2D eigenvalue weighted by Gasteiger charge is 2.34. The van der Waals surface area contributed by atoms with Crippen LogP contribution in [0.1, 0.15) is 36.1 Å². The summed E-state index contributed by atoms with van der Waals surface area (Å²) in [7, 11) is 2.13. The molecule has 0 atom stereocenters. The van der Waals surface area contributed by atoms with Gasteiger partial charge in [-0.1, -0.05) is 50.2 Å². The molecule has 164 valence electrons. The molecule has 0 bridgehead atoms. The van der Waals surface area contributed by atoms with Crippen molar-refractivity contribution in [1.82, 2.24) is 4.57 Å². The standard InChI is InChI=1S/C30H27NO2/c1-18-10-6-8-12-26(18)32-28-16-21-20-15-23-29(17-25(20)31(5)24(21)14-19(28)2)33-27-13-9-7-11-22(27)30(23,3)4/h6-17H,1-5H3. The maximum atomic E-state index is 6.37. The average molecular weight is 434 g/mol. The maximum absolute atomic E-state index is 6.37. The van der Waals surface area contributed by atoms with Gasteiger partial charge in [-0.3, -0.25) is 0 Å². The van der Waals surface area contributed by atoms with Crippen LogP contribution in [0.4, 0.5) is 0 Å². The molecular weight excluding hydrogens is 406 g/mol. The third kappa shape index (κ3) is 2.88. The highest BCUT2D eigenvalue weighted by Crippen LogP contribution is 2.50. The molecule has 0 unspecified atom stereocenters. The number of nitrogens with zero attached hydrogens (tertiary/aromatic N) is 1. The van der Waals surface area contributed by atoms with Crippen molar-refractivity contribution in [3.8, 4) is 23.0 Å². The minimum absolute atomic E-state index is 0.147. The van der Waals surface area contributed by atoms with Gasteiger partial charge in [-0.15, -0.1) is 0 Å². The van der Waals surface area contributed by atoms with E-state index in [-0.39, 0.29) is 5.41 Å². The van der Waals surface area contributed by atoms with Crippen molar-refractivity contribution >= 4 is 21.8 Å². The van der Waals surface area contributed by atoms with E-state index >= 15 is 0 Å². The van der Waals surface area contributed by atoms with Crippen LogP contribution < -0.4 is 9.47 Å². The lowest BCUT2D eigenvalue weighted by molar-refractivity contribution is 0.419. The van der Waals surface area contributed by atoms with Crippen molar-refractivity contribution in [1.29, 1.82) is 0 Å². The second kappa shape index (κ2) is 6.89. The number of fused-ring (bicyclic) bond motifs is 5. The minimum Gasteiger partial charge on any atom is -0.457 e. The molecule has 0 fully saturated rings. The van der Waals surface area contributed by atoms with Crippen LogP contribution in [0.25, 0.3) is 21.8 Å². The Bertz CT molecular complexity index is 1570. The summed E-state index contributed by atoms with van der Waals surface area (Å²) in [6.45, 7) is 8.74. The first-order valence-corrected chi connectivity index (χ1v) is 11.4. The zero-order valence-electron chi connectivity index (χ0n) is 19.7. The van der Waals surface area contributed by atoms with Gasteiger partial charge in [-0.2, -0.15) is 0 Å². The third-order valence-corrected chi connectivity index (χ3v) is 7.17. The molecule has 33 heavy (non-hydrogen) atoms. The highest BCUT2D eigenvalue weighted by molar-refractivity contribution is 6.09. The van der Waals surface area contributed by atoms with Gasteiger partial charge in [0.15, 0.2) is 0 Å². The third-order valence-electron chi connectivity index (χ3n) is 7.17. The van der Waals surface area contributed by atoms with Gasteiger partial charge in [0, 0.05) is 45.9 Å². The first kappa shape index (κ1) is 19.9. The van der Waals surface area contributed by atoms with E-state index in [4.69, 9.17) is 9.47 Å². The van der Waals surface area contributed by atoms with Crippen LogP contribution in [-0.4, -0.2) is 4.57 Å². The summed E-state index contributed by atoms with van der Waals surface area (Å²) >= 11 is 0. The Labute approximate surface area is 194 Å². The second-order valence-corrected chi connectivity index (χ2v) is 9.65. The quantitative estimate of drug-likeness (QED) is 0.280. The van der Waals surface area contributed by atoms with Crippen molar-refractivity contribution in [3.63, 3.8) is 0 Å². The Balaban J connectivity index is 1.58. The Kier molecular flexibility index (Phi) is 4.16. The fraction of sp³-hybridized carbons (Fsp3) is 0.200. The zero-order chi connectivity index (χ0) is 22.9. The molecule has 3 nitrogen and oxygen atoms in total. The molecule has 0 aliphatic carbocycles. The summed E-state index contributed by atoms with van der Waals surface area (Å²) in [6, 6.07) is 25.4. The molecule has 2 heterocycles. The van der Waals surface area contributed by atoms with E-state index in [1.54, 1.807) is 0 Å². The van der Waals surface area contributed by atoms with Crippen LogP contribution in [0, 0.1) is 13.8 Å². The largest absolute Gasteiger partial charge is 0.457 e. The molecule has 0 N–H and O–H groups in total. The molecule has 1 aromatic heterocycles. The Hall–Kier alpha value is -3.72. The Morgan fingerprint density at radius 2 is 1.39 bits per heavy atom. The summed E-state index contributed by atoms with van der Waals surface area (Å²) < 4.78 is 15.0. The van der Waals surface area contributed by atoms with E-state index in [0.717, 1.165) is 39.6 Å². The smallest absolute Gasteiger partial charge is 0.133 e. The van der Waals surface area contributed by atoms with Crippen molar-refractivity contribution < 1.29 is 9.47 Å². The molecule has 0 amide bonds. The van der Waals surface area contributed by atoms with Crippen LogP contribution in [-0.2, 0) is 12.5 Å². The van der Waals surface area contributed by atoms with Gasteiger partial charge in [0.1, 0.15) is 23.0 Å². The average Bonchev–Trinajstić information content (AvgIpc) is 3.05. The van der Waals surface area contributed by atoms with E-state index in [1.807, 2.05) is 24.3 Å². The molecule has 0 saturated heterocycles. The lowest BCUT2D eigenvalue weighted by Gasteiger charge is -2.34. The number of rotatable bonds is 2. The van der Waals surface area contributed by atoms with Crippen molar-refractivity contribution in [3.05, 3.63) is 95.1 Å². The molecule has 4 aromatic carbocycles. The first-order chi connectivity index (χ1) is 15.8. The lowest BCUT2D eigenvalue weighted by Crippen LogP contribution is -2.24. The van der Waals surface area contributed by atoms with E-state index in [1.165, 1.54) is 27.4 Å². The minimum atomic E-state index is -0.147. The van der Waals surface area contributed by atoms with E-state index in [2.05, 4.69) is 87.8 Å². The topological polar surface area (TPSA) is 23.4 Å². The van der Waals surface area contributed by atoms with E-state index in [0.29, 0.717) is 0 Å². The molecule has 1 aliphatic rings. The number of benzene rings is 4. The van der Waals surface area contributed by atoms with Gasteiger partial charge < -0.3 is 14.0 Å². The highest BCUT2D eigenvalue weighted by atomic mass is 16.5. The summed E-state index contributed by atoms with van der Waals surface area (Å²) in [6.07, 6.45) is 0. The fourth-order valence-corrected chi connectivity index (χ4v) is 5.17. The number of aromatic nitrogens is 1. The molecule has 0 saturated carbocycles. The van der Waals surface area contributed by atoms with E-state index in [9.17, 15) is 0 Å². The SMILES string of the molecule is Cc1ccccc1Oc1cc2c3cc4c(cc3n(C)c2cc1C)Oc1ccccc1C4(C)C. The normalized spacial score (nSPS) is 14.1. The predicted octanol–water partition coefficient (Wildman–Crippen LogP) is 8.17. The summed E-state index contributed by atoms with van der Waals surface area (Å²) in [5.41, 5.74) is 6.88. The predicted molar refractivity (Wildman–Crippen MR) is 135 cm³/mol. The molecule has 1 aliphatic heterocycles. The number of hydrogen-bond donors (Lipinski definition) is 0. The number of para-hydroxylation sites is 2. The van der Waals surface area contributed by atoms with Crippen LogP contribution in [0.15, 0.2) is 72.8 Å². The monoisotopic (exact) mass is 433 g/mol. The molecule has 0 radical (unpaired) electrons.